The molecule has 0 aliphatic rings. The molecule has 124 valence electrons. The number of aromatic nitrogens is 3. The van der Waals surface area contributed by atoms with Crippen LogP contribution in [-0.2, 0) is 11.8 Å². The first kappa shape index (κ1) is 15.9. The van der Waals surface area contributed by atoms with Crippen molar-refractivity contribution >= 4 is 23.0 Å². The van der Waals surface area contributed by atoms with Gasteiger partial charge in [-0.25, -0.2) is 9.37 Å². The highest BCUT2D eigenvalue weighted by atomic mass is 19.1. The minimum Gasteiger partial charge on any atom is -0.369 e. The number of aryl methyl sites for hydroxylation is 1. The number of carbonyl (C=O) groups is 1. The van der Waals surface area contributed by atoms with E-state index in [0.717, 1.165) is 22.9 Å². The van der Waals surface area contributed by atoms with Crippen molar-refractivity contribution in [2.24, 2.45) is 7.05 Å². The molecule has 0 saturated heterocycles. The number of pyridine rings is 1. The molecular formula is C17H18FN5O. The lowest BCUT2D eigenvalue weighted by atomic mass is 10.0. The van der Waals surface area contributed by atoms with Gasteiger partial charge in [0.25, 0.3) is 0 Å². The third-order valence-corrected chi connectivity index (χ3v) is 3.75. The van der Waals surface area contributed by atoms with E-state index in [4.69, 9.17) is 0 Å². The number of nitrogens with one attached hydrogen (secondary N) is 2. The Balaban J connectivity index is 1.95. The first-order valence-corrected chi connectivity index (χ1v) is 7.68. The van der Waals surface area contributed by atoms with E-state index in [0.29, 0.717) is 30.7 Å². The number of amides is 1. The van der Waals surface area contributed by atoms with Crippen LogP contribution in [0.3, 0.4) is 0 Å². The molecule has 0 fully saturated rings. The standard InChI is InChI=1S/C17H18FN5O/c1-23-10-12(8-22-23)14-9-21-17(20-7-3-6-19-11-24)16-13(14)4-2-5-15(16)18/h2,4-5,8-11H,3,6-7H2,1H3,(H,19,24)(H,20,21). The summed E-state index contributed by atoms with van der Waals surface area (Å²) in [7, 11) is 1.84. The van der Waals surface area contributed by atoms with Crippen molar-refractivity contribution in [1.29, 1.82) is 0 Å². The molecule has 7 heteroatoms. The molecule has 0 saturated carbocycles. The molecule has 0 aliphatic heterocycles. The number of anilines is 1. The first-order chi connectivity index (χ1) is 11.7. The van der Waals surface area contributed by atoms with E-state index in [1.807, 2.05) is 19.3 Å². The van der Waals surface area contributed by atoms with Gasteiger partial charge >= 0.3 is 0 Å². The van der Waals surface area contributed by atoms with Gasteiger partial charge in [0.2, 0.25) is 6.41 Å². The predicted octanol–water partition coefficient (Wildman–Crippen LogP) is 2.32. The lowest BCUT2D eigenvalue weighted by molar-refractivity contribution is -0.109. The maximum atomic E-state index is 14.4. The maximum absolute atomic E-state index is 14.4. The summed E-state index contributed by atoms with van der Waals surface area (Å²) in [5.74, 6) is 0.182. The smallest absolute Gasteiger partial charge is 0.207 e. The summed E-state index contributed by atoms with van der Waals surface area (Å²) in [5.41, 5.74) is 1.73. The van der Waals surface area contributed by atoms with E-state index in [2.05, 4.69) is 20.7 Å². The van der Waals surface area contributed by atoms with Crippen molar-refractivity contribution in [2.45, 2.75) is 6.42 Å². The zero-order chi connectivity index (χ0) is 16.9. The lowest BCUT2D eigenvalue weighted by Crippen LogP contribution is -2.16. The SMILES string of the molecule is Cn1cc(-c2cnc(NCCCNC=O)c3c(F)cccc23)cn1. The average Bonchev–Trinajstić information content (AvgIpc) is 3.01. The Morgan fingerprint density at radius 2 is 2.17 bits per heavy atom. The molecule has 0 radical (unpaired) electrons. The molecule has 24 heavy (non-hydrogen) atoms. The number of fused-ring (bicyclic) bond motifs is 1. The Bertz CT molecular complexity index is 861. The number of rotatable bonds is 7. The van der Waals surface area contributed by atoms with Gasteiger partial charge in [-0.05, 0) is 17.9 Å². The first-order valence-electron chi connectivity index (χ1n) is 7.68. The average molecular weight is 327 g/mol. The van der Waals surface area contributed by atoms with Crippen LogP contribution in [0.2, 0.25) is 0 Å². The van der Waals surface area contributed by atoms with Crippen molar-refractivity contribution in [3.05, 3.63) is 42.6 Å². The summed E-state index contributed by atoms with van der Waals surface area (Å²) in [6.07, 6.45) is 6.72. The zero-order valence-electron chi connectivity index (χ0n) is 13.3. The molecule has 3 aromatic rings. The van der Waals surface area contributed by atoms with Crippen LogP contribution >= 0.6 is 0 Å². The van der Waals surface area contributed by atoms with Gasteiger partial charge in [0.1, 0.15) is 11.6 Å². The Morgan fingerprint density at radius 3 is 2.92 bits per heavy atom. The van der Waals surface area contributed by atoms with Crippen LogP contribution in [-0.4, -0.2) is 34.3 Å². The Morgan fingerprint density at radius 1 is 1.29 bits per heavy atom. The topological polar surface area (TPSA) is 71.8 Å². The molecular weight excluding hydrogens is 309 g/mol. The molecule has 0 unspecified atom stereocenters. The minimum absolute atomic E-state index is 0.320. The monoisotopic (exact) mass is 327 g/mol. The third-order valence-electron chi connectivity index (χ3n) is 3.75. The van der Waals surface area contributed by atoms with Crippen molar-refractivity contribution in [3.8, 4) is 11.1 Å². The highest BCUT2D eigenvalue weighted by Crippen LogP contribution is 2.32. The molecule has 0 spiro atoms. The molecule has 3 rings (SSSR count). The largest absolute Gasteiger partial charge is 0.369 e. The normalized spacial score (nSPS) is 10.8. The highest BCUT2D eigenvalue weighted by molar-refractivity contribution is 6.01. The van der Waals surface area contributed by atoms with Crippen LogP contribution < -0.4 is 10.6 Å². The van der Waals surface area contributed by atoms with Crippen molar-refractivity contribution < 1.29 is 9.18 Å². The van der Waals surface area contributed by atoms with E-state index in [9.17, 15) is 9.18 Å². The number of carbonyl (C=O) groups excluding carboxylic acids is 1. The van der Waals surface area contributed by atoms with Gasteiger partial charge in [0, 0.05) is 43.7 Å². The summed E-state index contributed by atoms with van der Waals surface area (Å²) in [4.78, 5) is 14.6. The molecule has 6 nitrogen and oxygen atoms in total. The second-order valence-corrected chi connectivity index (χ2v) is 5.44. The van der Waals surface area contributed by atoms with Gasteiger partial charge in [-0.15, -0.1) is 0 Å². The molecule has 2 N–H and O–H groups in total. The predicted molar refractivity (Wildman–Crippen MR) is 91.1 cm³/mol. The molecule has 2 aromatic heterocycles. The fourth-order valence-electron chi connectivity index (χ4n) is 2.63. The van der Waals surface area contributed by atoms with Crippen LogP contribution in [0.4, 0.5) is 10.2 Å². The van der Waals surface area contributed by atoms with Gasteiger partial charge < -0.3 is 10.6 Å². The van der Waals surface area contributed by atoms with E-state index in [-0.39, 0.29) is 5.82 Å². The number of nitrogens with zero attached hydrogens (tertiary/aromatic N) is 3. The van der Waals surface area contributed by atoms with Gasteiger partial charge in [-0.1, -0.05) is 12.1 Å². The fourth-order valence-corrected chi connectivity index (χ4v) is 2.63. The van der Waals surface area contributed by atoms with E-state index in [1.54, 1.807) is 23.1 Å². The van der Waals surface area contributed by atoms with Crippen LogP contribution in [0.25, 0.3) is 21.9 Å². The summed E-state index contributed by atoms with van der Waals surface area (Å²) >= 11 is 0. The molecule has 1 aromatic carbocycles. The third kappa shape index (κ3) is 3.19. The Kier molecular flexibility index (Phi) is 4.69. The van der Waals surface area contributed by atoms with E-state index >= 15 is 0 Å². The van der Waals surface area contributed by atoms with Crippen molar-refractivity contribution in [3.63, 3.8) is 0 Å². The van der Waals surface area contributed by atoms with Crippen LogP contribution in [0.15, 0.2) is 36.8 Å². The van der Waals surface area contributed by atoms with E-state index in [1.165, 1.54) is 6.07 Å². The zero-order valence-corrected chi connectivity index (χ0v) is 13.3. The number of hydrogen-bond acceptors (Lipinski definition) is 4. The summed E-state index contributed by atoms with van der Waals surface area (Å²) in [6.45, 7) is 1.15. The highest BCUT2D eigenvalue weighted by Gasteiger charge is 2.13. The van der Waals surface area contributed by atoms with Crippen LogP contribution in [0.1, 0.15) is 6.42 Å². The van der Waals surface area contributed by atoms with Gasteiger partial charge in [-0.2, -0.15) is 5.10 Å². The number of benzene rings is 1. The van der Waals surface area contributed by atoms with Crippen molar-refractivity contribution in [2.75, 3.05) is 18.4 Å². The lowest BCUT2D eigenvalue weighted by Gasteiger charge is -2.12. The Hall–Kier alpha value is -2.96. The summed E-state index contributed by atoms with van der Waals surface area (Å²) in [5, 5.41) is 11.1. The quantitative estimate of drug-likeness (QED) is 0.516. The number of halogens is 1. The fraction of sp³-hybridized carbons (Fsp3) is 0.235. The maximum Gasteiger partial charge on any atom is 0.207 e. The van der Waals surface area contributed by atoms with Crippen LogP contribution in [0, 0.1) is 5.82 Å². The van der Waals surface area contributed by atoms with Crippen LogP contribution in [0.5, 0.6) is 0 Å². The molecule has 0 atom stereocenters. The van der Waals surface area contributed by atoms with Gasteiger partial charge in [-0.3, -0.25) is 9.48 Å². The minimum atomic E-state index is -0.320. The van der Waals surface area contributed by atoms with E-state index < -0.39 is 0 Å². The van der Waals surface area contributed by atoms with Crippen molar-refractivity contribution in [1.82, 2.24) is 20.1 Å². The second kappa shape index (κ2) is 7.08. The molecule has 2 heterocycles. The second-order valence-electron chi connectivity index (χ2n) is 5.44. The summed E-state index contributed by atoms with van der Waals surface area (Å²) < 4.78 is 16.1. The Labute approximate surface area is 138 Å². The van der Waals surface area contributed by atoms with Gasteiger partial charge in [0.05, 0.1) is 11.6 Å². The molecule has 0 aliphatic carbocycles. The number of hydrogen-bond donors (Lipinski definition) is 2. The summed E-state index contributed by atoms with van der Waals surface area (Å²) in [6, 6.07) is 4.99. The van der Waals surface area contributed by atoms with Gasteiger partial charge in [0.15, 0.2) is 0 Å². The molecule has 0 bridgehead atoms. The molecule has 1 amide bonds.